The van der Waals surface area contributed by atoms with E-state index in [0.29, 0.717) is 5.02 Å². The van der Waals surface area contributed by atoms with E-state index in [9.17, 15) is 4.79 Å². The molecule has 0 saturated heterocycles. The molecule has 0 bridgehead atoms. The predicted molar refractivity (Wildman–Crippen MR) is 97.1 cm³/mol. The molecule has 2 heterocycles. The average Bonchev–Trinajstić information content (AvgIpc) is 3.18. The minimum absolute atomic E-state index is 0.0551. The number of halogens is 1. The van der Waals surface area contributed by atoms with Crippen molar-refractivity contribution in [3.63, 3.8) is 0 Å². The van der Waals surface area contributed by atoms with E-state index >= 15 is 0 Å². The van der Waals surface area contributed by atoms with E-state index in [1.54, 1.807) is 22.7 Å². The van der Waals surface area contributed by atoms with E-state index in [0.717, 1.165) is 21.1 Å². The van der Waals surface area contributed by atoms with Crippen LogP contribution in [0.5, 0.6) is 0 Å². The van der Waals surface area contributed by atoms with Gasteiger partial charge in [0.05, 0.1) is 23.0 Å². The van der Waals surface area contributed by atoms with E-state index < -0.39 is 0 Å². The minimum Gasteiger partial charge on any atom is -0.349 e. The highest BCUT2D eigenvalue weighted by Gasteiger charge is 2.14. The summed E-state index contributed by atoms with van der Waals surface area (Å²) in [6.45, 7) is 1.93. The monoisotopic (exact) mass is 362 g/mol. The first kappa shape index (κ1) is 16.2. The van der Waals surface area contributed by atoms with Gasteiger partial charge in [0.25, 0.3) is 0 Å². The van der Waals surface area contributed by atoms with Gasteiger partial charge in [-0.15, -0.1) is 22.7 Å². The van der Waals surface area contributed by atoms with Gasteiger partial charge in [0.2, 0.25) is 5.91 Å². The van der Waals surface area contributed by atoms with Crippen LogP contribution in [0.3, 0.4) is 0 Å². The number of hydrogen-bond acceptors (Lipinski definition) is 4. The third-order valence-corrected chi connectivity index (χ3v) is 5.65. The molecule has 1 aromatic carbocycles. The zero-order valence-corrected chi connectivity index (χ0v) is 14.8. The number of thiazole rings is 1. The number of nitrogens with zero attached hydrogens (tertiary/aromatic N) is 1. The number of thiophene rings is 1. The Morgan fingerprint density at radius 1 is 1.26 bits per heavy atom. The average molecular weight is 363 g/mol. The number of amides is 1. The van der Waals surface area contributed by atoms with Gasteiger partial charge >= 0.3 is 0 Å². The smallest absolute Gasteiger partial charge is 0.226 e. The number of carbonyl (C=O) groups is 1. The molecule has 0 fully saturated rings. The zero-order chi connectivity index (χ0) is 16.2. The van der Waals surface area contributed by atoms with Crippen LogP contribution in [0.1, 0.15) is 24.2 Å². The first-order chi connectivity index (χ1) is 11.1. The van der Waals surface area contributed by atoms with E-state index in [-0.39, 0.29) is 18.4 Å². The van der Waals surface area contributed by atoms with Crippen LogP contribution in [0.25, 0.3) is 9.88 Å². The van der Waals surface area contributed by atoms with Crippen LogP contribution in [0.2, 0.25) is 5.02 Å². The van der Waals surface area contributed by atoms with Gasteiger partial charge in [0, 0.05) is 10.4 Å². The number of rotatable bonds is 5. The van der Waals surface area contributed by atoms with E-state index in [4.69, 9.17) is 11.6 Å². The molecular formula is C17H15ClN2OS2. The summed E-state index contributed by atoms with van der Waals surface area (Å²) in [7, 11) is 0. The maximum absolute atomic E-state index is 12.2. The summed E-state index contributed by atoms with van der Waals surface area (Å²) in [6.07, 6.45) is 0.274. The highest BCUT2D eigenvalue weighted by Crippen LogP contribution is 2.28. The Balaban J connectivity index is 1.62. The molecule has 2 aromatic heterocycles. The lowest BCUT2D eigenvalue weighted by atomic mass is 10.1. The molecule has 6 heteroatoms. The fraction of sp³-hybridized carbons (Fsp3) is 0.176. The molecule has 1 amide bonds. The minimum atomic E-state index is -0.133. The summed E-state index contributed by atoms with van der Waals surface area (Å²) in [5, 5.41) is 8.56. The van der Waals surface area contributed by atoms with Crippen LogP contribution in [-0.4, -0.2) is 10.9 Å². The van der Waals surface area contributed by atoms with Crippen molar-refractivity contribution in [3.05, 3.63) is 63.4 Å². The van der Waals surface area contributed by atoms with Crippen LogP contribution in [0.4, 0.5) is 0 Å². The molecule has 3 rings (SSSR count). The second-order valence-corrected chi connectivity index (χ2v) is 7.32. The van der Waals surface area contributed by atoms with Crippen molar-refractivity contribution in [2.45, 2.75) is 19.4 Å². The molecule has 118 valence electrons. The summed E-state index contributed by atoms with van der Waals surface area (Å²) in [5.74, 6) is -0.0551. The van der Waals surface area contributed by atoms with Crippen molar-refractivity contribution in [1.29, 1.82) is 0 Å². The van der Waals surface area contributed by atoms with Gasteiger partial charge in [-0.25, -0.2) is 4.98 Å². The highest BCUT2D eigenvalue weighted by atomic mass is 35.5. The number of aromatic nitrogens is 1. The van der Waals surface area contributed by atoms with Crippen molar-refractivity contribution < 1.29 is 4.79 Å². The fourth-order valence-corrected chi connectivity index (χ4v) is 4.20. The third kappa shape index (κ3) is 3.99. The van der Waals surface area contributed by atoms with Gasteiger partial charge in [-0.05, 0) is 30.0 Å². The molecule has 0 spiro atoms. The van der Waals surface area contributed by atoms with Crippen LogP contribution in [-0.2, 0) is 11.2 Å². The lowest BCUT2D eigenvalue weighted by Crippen LogP contribution is -2.28. The van der Waals surface area contributed by atoms with Gasteiger partial charge in [-0.2, -0.15) is 0 Å². The number of nitrogens with one attached hydrogen (secondary N) is 1. The van der Waals surface area contributed by atoms with Crippen LogP contribution in [0.15, 0.2) is 47.2 Å². The second kappa shape index (κ2) is 7.25. The molecular weight excluding hydrogens is 348 g/mol. The van der Waals surface area contributed by atoms with Gasteiger partial charge in [-0.1, -0.05) is 35.9 Å². The Morgan fingerprint density at radius 3 is 2.83 bits per heavy atom. The Hall–Kier alpha value is -1.69. The van der Waals surface area contributed by atoms with Crippen molar-refractivity contribution >= 4 is 40.2 Å². The molecule has 0 unspecified atom stereocenters. The molecule has 23 heavy (non-hydrogen) atoms. The quantitative estimate of drug-likeness (QED) is 0.698. The number of hydrogen-bond donors (Lipinski definition) is 1. The summed E-state index contributed by atoms with van der Waals surface area (Å²) < 4.78 is 0. The zero-order valence-electron chi connectivity index (χ0n) is 12.5. The van der Waals surface area contributed by atoms with Crippen molar-refractivity contribution in [2.24, 2.45) is 0 Å². The summed E-state index contributed by atoms with van der Waals surface area (Å²) >= 11 is 9.38. The topological polar surface area (TPSA) is 42.0 Å². The lowest BCUT2D eigenvalue weighted by molar-refractivity contribution is -0.121. The molecule has 3 aromatic rings. The van der Waals surface area contributed by atoms with Gasteiger partial charge in [0.1, 0.15) is 5.01 Å². The number of benzene rings is 1. The fourth-order valence-electron chi connectivity index (χ4n) is 2.26. The largest absolute Gasteiger partial charge is 0.349 e. The first-order valence-corrected chi connectivity index (χ1v) is 9.29. The normalized spacial score (nSPS) is 12.1. The van der Waals surface area contributed by atoms with Crippen LogP contribution in [0, 0.1) is 0 Å². The Kier molecular flexibility index (Phi) is 5.10. The molecule has 0 saturated carbocycles. The molecule has 3 nitrogen and oxygen atoms in total. The highest BCUT2D eigenvalue weighted by molar-refractivity contribution is 7.20. The second-order valence-electron chi connectivity index (χ2n) is 5.11. The SMILES string of the molecule is C[C@@H](NC(=O)Cc1csc(-c2cccs2)n1)c1ccccc1Cl. The summed E-state index contributed by atoms with van der Waals surface area (Å²) in [5.41, 5.74) is 1.71. The number of carbonyl (C=O) groups excluding carboxylic acids is 1. The predicted octanol–water partition coefficient (Wildman–Crippen LogP) is 4.94. The molecule has 0 radical (unpaired) electrons. The first-order valence-electron chi connectivity index (χ1n) is 7.15. The van der Waals surface area contributed by atoms with E-state index in [2.05, 4.69) is 10.3 Å². The van der Waals surface area contributed by atoms with Crippen molar-refractivity contribution in [3.8, 4) is 9.88 Å². The summed E-state index contributed by atoms with van der Waals surface area (Å²) in [6, 6.07) is 11.4. The van der Waals surface area contributed by atoms with Crippen molar-refractivity contribution in [1.82, 2.24) is 10.3 Å². The van der Waals surface area contributed by atoms with E-state index in [1.807, 2.05) is 54.1 Å². The molecule has 0 aliphatic carbocycles. The lowest BCUT2D eigenvalue weighted by Gasteiger charge is -2.15. The Morgan fingerprint density at radius 2 is 2.09 bits per heavy atom. The molecule has 1 N–H and O–H groups in total. The van der Waals surface area contributed by atoms with Gasteiger partial charge < -0.3 is 5.32 Å². The van der Waals surface area contributed by atoms with Crippen LogP contribution >= 0.6 is 34.3 Å². The van der Waals surface area contributed by atoms with Gasteiger partial charge in [-0.3, -0.25) is 4.79 Å². The molecule has 0 aliphatic heterocycles. The van der Waals surface area contributed by atoms with Crippen LogP contribution < -0.4 is 5.32 Å². The molecule has 0 aliphatic rings. The third-order valence-electron chi connectivity index (χ3n) is 3.37. The Bertz CT molecular complexity index is 799. The maximum atomic E-state index is 12.2. The Labute approximate surface area is 148 Å². The maximum Gasteiger partial charge on any atom is 0.226 e. The standard InChI is InChI=1S/C17H15ClN2OS2/c1-11(13-5-2-3-6-14(13)18)19-16(21)9-12-10-23-17(20-12)15-7-4-8-22-15/h2-8,10-11H,9H2,1H3,(H,19,21)/t11-/m1/s1. The van der Waals surface area contributed by atoms with Crippen molar-refractivity contribution in [2.75, 3.05) is 0 Å². The molecule has 1 atom stereocenters. The van der Waals surface area contributed by atoms with Gasteiger partial charge in [0.15, 0.2) is 0 Å². The summed E-state index contributed by atoms with van der Waals surface area (Å²) in [4.78, 5) is 17.9. The van der Waals surface area contributed by atoms with E-state index in [1.165, 1.54) is 0 Å².